The van der Waals surface area contributed by atoms with Gasteiger partial charge in [-0.25, -0.2) is 0 Å². The van der Waals surface area contributed by atoms with Gasteiger partial charge < -0.3 is 14.8 Å². The van der Waals surface area contributed by atoms with E-state index in [9.17, 15) is 4.79 Å². The summed E-state index contributed by atoms with van der Waals surface area (Å²) in [5.41, 5.74) is -0.532. The Morgan fingerprint density at radius 2 is 2.18 bits per heavy atom. The van der Waals surface area contributed by atoms with Crippen molar-refractivity contribution in [1.29, 1.82) is 0 Å². The van der Waals surface area contributed by atoms with Crippen molar-refractivity contribution in [2.75, 3.05) is 40.0 Å². The number of carbonyl (C=O) groups is 1. The van der Waals surface area contributed by atoms with Crippen LogP contribution in [0.3, 0.4) is 0 Å². The van der Waals surface area contributed by atoms with E-state index in [4.69, 9.17) is 9.47 Å². The van der Waals surface area contributed by atoms with E-state index in [-0.39, 0.29) is 5.97 Å². The van der Waals surface area contributed by atoms with Crippen LogP contribution in [0.15, 0.2) is 0 Å². The van der Waals surface area contributed by atoms with Gasteiger partial charge in [-0.2, -0.15) is 0 Å². The van der Waals surface area contributed by atoms with E-state index < -0.39 is 5.54 Å². The molecule has 0 radical (unpaired) electrons. The second kappa shape index (κ2) is 5.33. The van der Waals surface area contributed by atoms with Gasteiger partial charge in [0.1, 0.15) is 5.54 Å². The topological polar surface area (TPSA) is 50.8 Å². The monoisotopic (exact) mass is 242 g/mol. The number of nitrogens with zero attached hydrogens (tertiary/aromatic N) is 1. The molecule has 0 amide bonds. The molecule has 2 rings (SSSR count). The van der Waals surface area contributed by atoms with Crippen molar-refractivity contribution in [3.8, 4) is 0 Å². The first-order valence-electron chi connectivity index (χ1n) is 6.31. The highest BCUT2D eigenvalue weighted by atomic mass is 16.5. The maximum Gasteiger partial charge on any atom is 0.325 e. The van der Waals surface area contributed by atoms with E-state index >= 15 is 0 Å². The molecule has 98 valence electrons. The van der Waals surface area contributed by atoms with Crippen LogP contribution < -0.4 is 5.32 Å². The molecule has 0 unspecified atom stereocenters. The number of rotatable bonds is 2. The van der Waals surface area contributed by atoms with E-state index in [2.05, 4.69) is 10.2 Å². The number of methoxy groups -OCH3 is 1. The van der Waals surface area contributed by atoms with E-state index in [1.54, 1.807) is 0 Å². The van der Waals surface area contributed by atoms with Crippen LogP contribution in [0, 0.1) is 0 Å². The number of hydrogen-bond donors (Lipinski definition) is 1. The van der Waals surface area contributed by atoms with Gasteiger partial charge >= 0.3 is 5.97 Å². The molecule has 1 N–H and O–H groups in total. The first-order chi connectivity index (χ1) is 8.15. The van der Waals surface area contributed by atoms with Gasteiger partial charge in [-0.15, -0.1) is 0 Å². The number of ether oxygens (including phenoxy) is 2. The molecule has 2 aliphatic rings. The molecule has 5 nitrogen and oxygen atoms in total. The Hall–Kier alpha value is -0.650. The van der Waals surface area contributed by atoms with E-state index in [1.807, 2.05) is 6.92 Å². The zero-order valence-electron chi connectivity index (χ0n) is 10.7. The minimum atomic E-state index is -0.532. The molecule has 17 heavy (non-hydrogen) atoms. The summed E-state index contributed by atoms with van der Waals surface area (Å²) in [6.45, 7) is 6.36. The zero-order chi connectivity index (χ0) is 12.3. The molecular weight excluding hydrogens is 220 g/mol. The summed E-state index contributed by atoms with van der Waals surface area (Å²) < 4.78 is 10.2. The Morgan fingerprint density at radius 1 is 1.47 bits per heavy atom. The average Bonchev–Trinajstić information content (AvgIpc) is 2.39. The third-order valence-electron chi connectivity index (χ3n) is 3.83. The molecule has 5 heteroatoms. The van der Waals surface area contributed by atoms with E-state index in [1.165, 1.54) is 7.11 Å². The molecule has 0 spiro atoms. The van der Waals surface area contributed by atoms with Crippen molar-refractivity contribution in [2.24, 2.45) is 0 Å². The standard InChI is InChI=1S/C12H22N2O3/c1-12(11(15)16-2)9-10(3-4-13-12)14-5-7-17-8-6-14/h10,13H,3-9H2,1-2H3/t10-,12-/m1/s1. The smallest absolute Gasteiger partial charge is 0.325 e. The maximum atomic E-state index is 11.8. The third kappa shape index (κ3) is 2.78. The Kier molecular flexibility index (Phi) is 4.01. The van der Waals surface area contributed by atoms with Gasteiger partial charge in [0, 0.05) is 19.1 Å². The lowest BCUT2D eigenvalue weighted by molar-refractivity contribution is -0.150. The van der Waals surface area contributed by atoms with Gasteiger partial charge in [0.25, 0.3) is 0 Å². The molecule has 2 heterocycles. The van der Waals surface area contributed by atoms with Crippen molar-refractivity contribution in [3.63, 3.8) is 0 Å². The third-order valence-corrected chi connectivity index (χ3v) is 3.83. The lowest BCUT2D eigenvalue weighted by Crippen LogP contribution is -2.60. The molecule has 0 aliphatic carbocycles. The van der Waals surface area contributed by atoms with Crippen LogP contribution in [0.1, 0.15) is 19.8 Å². The molecule has 0 bridgehead atoms. The van der Waals surface area contributed by atoms with E-state index in [0.29, 0.717) is 6.04 Å². The molecule has 2 aliphatic heterocycles. The van der Waals surface area contributed by atoms with Gasteiger partial charge in [-0.1, -0.05) is 0 Å². The Morgan fingerprint density at radius 3 is 2.82 bits per heavy atom. The average molecular weight is 242 g/mol. The molecule has 0 aromatic heterocycles. The minimum Gasteiger partial charge on any atom is -0.468 e. The fourth-order valence-corrected chi connectivity index (χ4v) is 2.80. The van der Waals surface area contributed by atoms with Crippen LogP contribution in [0.2, 0.25) is 0 Å². The Balaban J connectivity index is 1.98. The van der Waals surface area contributed by atoms with Crippen molar-refractivity contribution in [3.05, 3.63) is 0 Å². The first-order valence-corrected chi connectivity index (χ1v) is 6.31. The highest BCUT2D eigenvalue weighted by molar-refractivity contribution is 5.80. The van der Waals surface area contributed by atoms with Crippen molar-refractivity contribution in [1.82, 2.24) is 10.2 Å². The number of esters is 1. The number of nitrogens with one attached hydrogen (secondary N) is 1. The fraction of sp³-hybridized carbons (Fsp3) is 0.917. The lowest BCUT2D eigenvalue weighted by Gasteiger charge is -2.43. The van der Waals surface area contributed by atoms with Crippen molar-refractivity contribution < 1.29 is 14.3 Å². The number of morpholine rings is 1. The SMILES string of the molecule is COC(=O)[C@@]1(C)C[C@H](N2CCOCC2)CCN1. The largest absolute Gasteiger partial charge is 0.468 e. The van der Waals surface area contributed by atoms with Crippen molar-refractivity contribution in [2.45, 2.75) is 31.3 Å². The maximum absolute atomic E-state index is 11.8. The second-order valence-electron chi connectivity index (χ2n) is 5.05. The minimum absolute atomic E-state index is 0.157. The Labute approximate surface area is 102 Å². The molecule has 0 aromatic rings. The summed E-state index contributed by atoms with van der Waals surface area (Å²) in [6.07, 6.45) is 1.91. The number of piperidine rings is 1. The Bertz CT molecular complexity index is 279. The van der Waals surface area contributed by atoms with Crippen LogP contribution in [0.4, 0.5) is 0 Å². The van der Waals surface area contributed by atoms with Gasteiger partial charge in [0.2, 0.25) is 0 Å². The van der Waals surface area contributed by atoms with Crippen LogP contribution in [0.25, 0.3) is 0 Å². The fourth-order valence-electron chi connectivity index (χ4n) is 2.80. The van der Waals surface area contributed by atoms with Gasteiger partial charge in [0.05, 0.1) is 20.3 Å². The number of carbonyl (C=O) groups excluding carboxylic acids is 1. The second-order valence-corrected chi connectivity index (χ2v) is 5.05. The highest BCUT2D eigenvalue weighted by Gasteiger charge is 2.41. The van der Waals surface area contributed by atoms with Gasteiger partial charge in [-0.05, 0) is 26.3 Å². The van der Waals surface area contributed by atoms with E-state index in [0.717, 1.165) is 45.7 Å². The summed E-state index contributed by atoms with van der Waals surface area (Å²) >= 11 is 0. The molecule has 2 saturated heterocycles. The normalized spacial score (nSPS) is 35.5. The lowest BCUT2D eigenvalue weighted by atomic mass is 9.86. The predicted octanol–water partition coefficient (Wildman–Crippen LogP) is 0.00230. The summed E-state index contributed by atoms with van der Waals surface area (Å²) in [6, 6.07) is 0.462. The summed E-state index contributed by atoms with van der Waals surface area (Å²) in [7, 11) is 1.45. The predicted molar refractivity (Wildman–Crippen MR) is 63.8 cm³/mol. The number of hydrogen-bond acceptors (Lipinski definition) is 5. The quantitative estimate of drug-likeness (QED) is 0.691. The molecule has 2 atom stereocenters. The molecule has 2 fully saturated rings. The summed E-state index contributed by atoms with van der Waals surface area (Å²) in [4.78, 5) is 14.2. The summed E-state index contributed by atoms with van der Waals surface area (Å²) in [5, 5.41) is 3.28. The molecule has 0 aromatic carbocycles. The van der Waals surface area contributed by atoms with Crippen LogP contribution in [-0.2, 0) is 14.3 Å². The molecular formula is C12H22N2O3. The summed E-state index contributed by atoms with van der Waals surface area (Å²) in [5.74, 6) is -0.157. The van der Waals surface area contributed by atoms with Crippen molar-refractivity contribution >= 4 is 5.97 Å². The van der Waals surface area contributed by atoms with Gasteiger partial charge in [-0.3, -0.25) is 9.69 Å². The highest BCUT2D eigenvalue weighted by Crippen LogP contribution is 2.25. The zero-order valence-corrected chi connectivity index (χ0v) is 10.7. The van der Waals surface area contributed by atoms with Crippen LogP contribution >= 0.6 is 0 Å². The first kappa shape index (κ1) is 12.8. The molecule has 0 saturated carbocycles. The van der Waals surface area contributed by atoms with Gasteiger partial charge in [0.15, 0.2) is 0 Å². The van der Waals surface area contributed by atoms with Crippen LogP contribution in [0.5, 0.6) is 0 Å². The van der Waals surface area contributed by atoms with Crippen LogP contribution in [-0.4, -0.2) is 62.4 Å².